The van der Waals surface area contributed by atoms with Gasteiger partial charge in [-0.1, -0.05) is 60.1 Å². The van der Waals surface area contributed by atoms with Gasteiger partial charge in [-0.05, 0) is 40.8 Å². The van der Waals surface area contributed by atoms with E-state index in [-0.39, 0.29) is 11.5 Å². The lowest BCUT2D eigenvalue weighted by atomic mass is 10.0. The topological polar surface area (TPSA) is 83.0 Å². The lowest BCUT2D eigenvalue weighted by molar-refractivity contribution is 1.11. The highest BCUT2D eigenvalue weighted by Gasteiger charge is 2.15. The van der Waals surface area contributed by atoms with Crippen LogP contribution in [0.1, 0.15) is 5.56 Å². The van der Waals surface area contributed by atoms with Crippen molar-refractivity contribution in [1.29, 1.82) is 0 Å². The number of aromatic nitrogens is 3. The second-order valence-electron chi connectivity index (χ2n) is 6.93. The van der Waals surface area contributed by atoms with Crippen LogP contribution in [0, 0.1) is 0 Å². The van der Waals surface area contributed by atoms with Crippen molar-refractivity contribution in [3.05, 3.63) is 99.1 Å². The molecule has 8 heteroatoms. The van der Waals surface area contributed by atoms with E-state index >= 15 is 0 Å². The van der Waals surface area contributed by atoms with Crippen molar-refractivity contribution in [2.24, 2.45) is 5.10 Å². The van der Waals surface area contributed by atoms with E-state index in [1.54, 1.807) is 29.7 Å². The molecular formula is C24H16ClN5OS. The van der Waals surface area contributed by atoms with Crippen LogP contribution in [0.25, 0.3) is 32.7 Å². The fourth-order valence-corrected chi connectivity index (χ4v) is 4.12. The fourth-order valence-electron chi connectivity index (χ4n) is 3.31. The third-order valence-electron chi connectivity index (χ3n) is 4.79. The van der Waals surface area contributed by atoms with Crippen LogP contribution in [-0.4, -0.2) is 21.2 Å². The number of halogens is 1. The Morgan fingerprint density at radius 1 is 1.00 bits per heavy atom. The standard InChI is InChI=1S/C24H16ClN5OS/c25-17-10-8-15(9-11-17)14-26-30-24-28-22-21(23(31)29-24)18(16-5-2-1-3-6-16)13-19(27-22)20-7-4-12-32-20/h1-14H,(H2,27,28,29,30,31)/b26-14+. The zero-order valence-corrected chi connectivity index (χ0v) is 18.2. The first-order valence-electron chi connectivity index (χ1n) is 9.76. The summed E-state index contributed by atoms with van der Waals surface area (Å²) in [6.07, 6.45) is 1.62. The molecule has 0 unspecified atom stereocenters. The van der Waals surface area contributed by atoms with E-state index in [2.05, 4.69) is 25.5 Å². The molecule has 0 aliphatic carbocycles. The molecule has 2 N–H and O–H groups in total. The summed E-state index contributed by atoms with van der Waals surface area (Å²) in [4.78, 5) is 26.0. The average Bonchev–Trinajstić information content (AvgIpc) is 3.35. The van der Waals surface area contributed by atoms with Gasteiger partial charge in [0.25, 0.3) is 5.56 Å². The van der Waals surface area contributed by atoms with Crippen LogP contribution in [0.5, 0.6) is 0 Å². The van der Waals surface area contributed by atoms with Crippen LogP contribution in [-0.2, 0) is 0 Å². The first-order valence-corrected chi connectivity index (χ1v) is 11.0. The van der Waals surface area contributed by atoms with Crippen molar-refractivity contribution in [2.75, 3.05) is 5.43 Å². The normalized spacial score (nSPS) is 11.3. The molecule has 5 aromatic rings. The third kappa shape index (κ3) is 4.16. The maximum absolute atomic E-state index is 13.0. The second kappa shape index (κ2) is 8.74. The minimum Gasteiger partial charge on any atom is -0.291 e. The highest BCUT2D eigenvalue weighted by Crippen LogP contribution is 2.31. The van der Waals surface area contributed by atoms with Gasteiger partial charge in [0.2, 0.25) is 5.95 Å². The molecule has 32 heavy (non-hydrogen) atoms. The largest absolute Gasteiger partial charge is 0.291 e. The number of hydrogen-bond acceptors (Lipinski definition) is 6. The molecule has 6 nitrogen and oxygen atoms in total. The number of benzene rings is 2. The van der Waals surface area contributed by atoms with Crippen LogP contribution in [0.4, 0.5) is 5.95 Å². The number of hydrogen-bond donors (Lipinski definition) is 2. The van der Waals surface area contributed by atoms with E-state index in [0.29, 0.717) is 16.1 Å². The predicted octanol–water partition coefficient (Wildman–Crippen LogP) is 5.81. The number of nitrogens with one attached hydrogen (secondary N) is 2. The molecule has 3 aromatic heterocycles. The number of anilines is 1. The molecule has 0 amide bonds. The van der Waals surface area contributed by atoms with Gasteiger partial charge < -0.3 is 0 Å². The molecule has 0 aliphatic rings. The Bertz CT molecular complexity index is 1460. The predicted molar refractivity (Wildman–Crippen MR) is 132 cm³/mol. The fraction of sp³-hybridized carbons (Fsp3) is 0. The lowest BCUT2D eigenvalue weighted by Crippen LogP contribution is -2.13. The maximum Gasteiger partial charge on any atom is 0.262 e. The molecule has 0 fully saturated rings. The summed E-state index contributed by atoms with van der Waals surface area (Å²) in [6.45, 7) is 0. The quantitative estimate of drug-likeness (QED) is 0.257. The van der Waals surface area contributed by atoms with E-state index in [1.807, 2.05) is 66.0 Å². The van der Waals surface area contributed by atoms with Crippen molar-refractivity contribution in [3.8, 4) is 21.7 Å². The molecule has 0 spiro atoms. The molecule has 0 atom stereocenters. The summed E-state index contributed by atoms with van der Waals surface area (Å²) >= 11 is 7.49. The second-order valence-corrected chi connectivity index (χ2v) is 8.32. The molecule has 0 bridgehead atoms. The molecule has 5 rings (SSSR count). The van der Waals surface area contributed by atoms with Gasteiger partial charge in [0, 0.05) is 10.6 Å². The van der Waals surface area contributed by atoms with Gasteiger partial charge in [0.15, 0.2) is 5.65 Å². The Hall–Kier alpha value is -3.81. The zero-order chi connectivity index (χ0) is 21.9. The smallest absolute Gasteiger partial charge is 0.262 e. The lowest BCUT2D eigenvalue weighted by Gasteiger charge is -2.09. The number of rotatable bonds is 5. The van der Waals surface area contributed by atoms with Crippen molar-refractivity contribution < 1.29 is 0 Å². The van der Waals surface area contributed by atoms with Crippen LogP contribution < -0.4 is 11.0 Å². The highest BCUT2D eigenvalue weighted by molar-refractivity contribution is 7.13. The summed E-state index contributed by atoms with van der Waals surface area (Å²) in [5.74, 6) is 0.211. The van der Waals surface area contributed by atoms with Gasteiger partial charge in [-0.15, -0.1) is 11.3 Å². The SMILES string of the molecule is O=c1[nH]c(N/N=C/c2ccc(Cl)cc2)nc2nc(-c3cccs3)cc(-c3ccccc3)c12. The molecule has 0 saturated carbocycles. The molecule has 156 valence electrons. The van der Waals surface area contributed by atoms with Gasteiger partial charge in [-0.3, -0.25) is 9.78 Å². The van der Waals surface area contributed by atoms with Crippen LogP contribution in [0.2, 0.25) is 5.02 Å². The van der Waals surface area contributed by atoms with Crippen molar-refractivity contribution in [3.63, 3.8) is 0 Å². The van der Waals surface area contributed by atoms with Crippen molar-refractivity contribution >= 4 is 46.1 Å². The summed E-state index contributed by atoms with van der Waals surface area (Å²) < 4.78 is 0. The van der Waals surface area contributed by atoms with E-state index in [4.69, 9.17) is 11.6 Å². The van der Waals surface area contributed by atoms with Crippen LogP contribution in [0.15, 0.2) is 88.1 Å². The minimum atomic E-state index is -0.289. The molecule has 0 radical (unpaired) electrons. The highest BCUT2D eigenvalue weighted by atomic mass is 35.5. The van der Waals surface area contributed by atoms with E-state index in [9.17, 15) is 4.79 Å². The molecular weight excluding hydrogens is 442 g/mol. The number of fused-ring (bicyclic) bond motifs is 1. The molecule has 3 heterocycles. The van der Waals surface area contributed by atoms with Crippen molar-refractivity contribution in [1.82, 2.24) is 15.0 Å². The van der Waals surface area contributed by atoms with E-state index in [1.165, 1.54) is 0 Å². The Labute approximate surface area is 192 Å². The van der Waals surface area contributed by atoms with Gasteiger partial charge >= 0.3 is 0 Å². The Morgan fingerprint density at radius 2 is 1.81 bits per heavy atom. The van der Waals surface area contributed by atoms with E-state index in [0.717, 1.165) is 27.3 Å². The number of H-pyrrole nitrogens is 1. The monoisotopic (exact) mass is 457 g/mol. The van der Waals surface area contributed by atoms with E-state index < -0.39 is 0 Å². The van der Waals surface area contributed by atoms with Crippen molar-refractivity contribution in [2.45, 2.75) is 0 Å². The summed E-state index contributed by atoms with van der Waals surface area (Å²) in [5.41, 5.74) is 6.17. The Morgan fingerprint density at radius 3 is 2.56 bits per heavy atom. The van der Waals surface area contributed by atoms with Gasteiger partial charge in [0.05, 0.1) is 22.2 Å². The van der Waals surface area contributed by atoms with Gasteiger partial charge in [0.1, 0.15) is 0 Å². The zero-order valence-electron chi connectivity index (χ0n) is 16.6. The van der Waals surface area contributed by atoms with Crippen LogP contribution in [0.3, 0.4) is 0 Å². The minimum absolute atomic E-state index is 0.211. The maximum atomic E-state index is 13.0. The number of thiophene rings is 1. The third-order valence-corrected chi connectivity index (χ3v) is 5.93. The first-order chi connectivity index (χ1) is 15.7. The number of aromatic amines is 1. The summed E-state index contributed by atoms with van der Waals surface area (Å²) in [6, 6.07) is 22.9. The molecule has 0 aliphatic heterocycles. The first kappa shape index (κ1) is 20.1. The number of nitrogens with zero attached hydrogens (tertiary/aromatic N) is 3. The molecule has 2 aromatic carbocycles. The van der Waals surface area contributed by atoms with Crippen LogP contribution >= 0.6 is 22.9 Å². The Kier molecular flexibility index (Phi) is 5.49. The summed E-state index contributed by atoms with van der Waals surface area (Å²) in [7, 11) is 0. The number of hydrazone groups is 1. The Balaban J connectivity index is 1.59. The van der Waals surface area contributed by atoms with Gasteiger partial charge in [-0.2, -0.15) is 10.1 Å². The van der Waals surface area contributed by atoms with Gasteiger partial charge in [-0.25, -0.2) is 10.4 Å². The summed E-state index contributed by atoms with van der Waals surface area (Å²) in [5, 5.41) is 7.24. The average molecular weight is 458 g/mol. The number of pyridine rings is 1. The molecule has 0 saturated heterocycles.